The zero-order chi connectivity index (χ0) is 17.4. The van der Waals surface area contributed by atoms with E-state index < -0.39 is 17.2 Å². The van der Waals surface area contributed by atoms with Crippen LogP contribution in [-0.2, 0) is 18.8 Å². The molecule has 0 spiro atoms. The maximum Gasteiger partial charge on any atom is 0.341 e. The first kappa shape index (κ1) is 15.8. The van der Waals surface area contributed by atoms with E-state index in [2.05, 4.69) is 0 Å². The first-order valence-electron chi connectivity index (χ1n) is 7.51. The molecule has 0 aliphatic carbocycles. The Hall–Kier alpha value is -3.09. The van der Waals surface area contributed by atoms with Gasteiger partial charge in [-0.1, -0.05) is 18.2 Å². The van der Waals surface area contributed by atoms with Crippen molar-refractivity contribution in [1.82, 2.24) is 13.7 Å². The molecular formula is C17H17N3O4. The highest BCUT2D eigenvalue weighted by Crippen LogP contribution is 2.17. The summed E-state index contributed by atoms with van der Waals surface area (Å²) in [7, 11) is 3.19. The van der Waals surface area contributed by atoms with Crippen LogP contribution in [0.15, 0.2) is 46.1 Å². The number of fused-ring (bicyclic) bond motifs is 1. The minimum atomic E-state index is -0.560. The summed E-state index contributed by atoms with van der Waals surface area (Å²) in [4.78, 5) is 37.7. The monoisotopic (exact) mass is 327 g/mol. The summed E-state index contributed by atoms with van der Waals surface area (Å²) in [5, 5.41) is 0. The van der Waals surface area contributed by atoms with Gasteiger partial charge in [-0.3, -0.25) is 9.36 Å². The lowest BCUT2D eigenvalue weighted by Crippen LogP contribution is -2.38. The number of para-hydroxylation sites is 1. The van der Waals surface area contributed by atoms with Gasteiger partial charge in [0.2, 0.25) is 0 Å². The zero-order valence-electron chi connectivity index (χ0n) is 13.6. The summed E-state index contributed by atoms with van der Waals surface area (Å²) in [6, 6.07) is 8.67. The largest absolute Gasteiger partial charge is 0.462 e. The fourth-order valence-corrected chi connectivity index (χ4v) is 2.81. The molecule has 3 rings (SSSR count). The third-order valence-corrected chi connectivity index (χ3v) is 3.88. The van der Waals surface area contributed by atoms with Crippen molar-refractivity contribution < 1.29 is 9.53 Å². The van der Waals surface area contributed by atoms with E-state index in [4.69, 9.17) is 4.74 Å². The first-order valence-corrected chi connectivity index (χ1v) is 7.51. The van der Waals surface area contributed by atoms with Crippen molar-refractivity contribution >= 4 is 17.0 Å². The van der Waals surface area contributed by atoms with Crippen LogP contribution in [0.5, 0.6) is 0 Å². The normalized spacial score (nSPS) is 11.0. The minimum absolute atomic E-state index is 0.200. The smallest absolute Gasteiger partial charge is 0.341 e. The summed E-state index contributed by atoms with van der Waals surface area (Å²) in [5.74, 6) is -0.560. The van der Waals surface area contributed by atoms with E-state index in [1.54, 1.807) is 48.9 Å². The molecule has 0 N–H and O–H groups in total. The Balaban J connectivity index is 2.43. The Bertz CT molecular complexity index is 1040. The number of hydrogen-bond donors (Lipinski definition) is 0. The number of benzene rings is 1. The number of rotatable bonds is 3. The van der Waals surface area contributed by atoms with Gasteiger partial charge in [-0.2, -0.15) is 0 Å². The summed E-state index contributed by atoms with van der Waals surface area (Å²) in [5.41, 5.74) is 0.227. The third kappa shape index (κ3) is 2.25. The molecule has 2 heterocycles. The number of carbonyl (C=O) groups excluding carboxylic acids is 1. The van der Waals surface area contributed by atoms with Gasteiger partial charge in [0, 0.05) is 20.3 Å². The van der Waals surface area contributed by atoms with Crippen molar-refractivity contribution in [3.05, 3.63) is 62.9 Å². The first-order chi connectivity index (χ1) is 11.5. The van der Waals surface area contributed by atoms with Gasteiger partial charge >= 0.3 is 11.7 Å². The maximum atomic E-state index is 12.9. The Kier molecular flexibility index (Phi) is 3.84. The van der Waals surface area contributed by atoms with E-state index in [1.807, 2.05) is 0 Å². The molecule has 2 aromatic heterocycles. The van der Waals surface area contributed by atoms with Crippen molar-refractivity contribution in [2.45, 2.75) is 6.92 Å². The SMILES string of the molecule is CCOC(=O)c1cn(C)c2c(=O)n(-c3ccccc3)c(=O)n(C)c12. The summed E-state index contributed by atoms with van der Waals surface area (Å²) in [6.07, 6.45) is 1.51. The Labute approximate surface area is 137 Å². The van der Waals surface area contributed by atoms with Crippen molar-refractivity contribution in [3.63, 3.8) is 0 Å². The number of aromatic nitrogens is 3. The molecule has 0 aliphatic heterocycles. The topological polar surface area (TPSA) is 75.2 Å². The number of aryl methyl sites for hydroxylation is 2. The number of nitrogens with zero attached hydrogens (tertiary/aromatic N) is 3. The lowest BCUT2D eigenvalue weighted by molar-refractivity contribution is 0.0528. The highest BCUT2D eigenvalue weighted by atomic mass is 16.5. The molecule has 0 fully saturated rings. The van der Waals surface area contributed by atoms with Crippen LogP contribution in [0.4, 0.5) is 0 Å². The molecule has 0 radical (unpaired) electrons. The van der Waals surface area contributed by atoms with Crippen LogP contribution in [0.3, 0.4) is 0 Å². The predicted octanol–water partition coefficient (Wildman–Crippen LogP) is 1.20. The van der Waals surface area contributed by atoms with Gasteiger partial charge in [0.15, 0.2) is 0 Å². The summed E-state index contributed by atoms with van der Waals surface area (Å²) in [6.45, 7) is 1.91. The van der Waals surface area contributed by atoms with E-state index in [9.17, 15) is 14.4 Å². The molecule has 0 saturated carbocycles. The van der Waals surface area contributed by atoms with Crippen LogP contribution in [0, 0.1) is 0 Å². The maximum absolute atomic E-state index is 12.9. The number of carbonyl (C=O) groups is 1. The molecule has 0 bridgehead atoms. The molecule has 7 nitrogen and oxygen atoms in total. The minimum Gasteiger partial charge on any atom is -0.462 e. The third-order valence-electron chi connectivity index (χ3n) is 3.88. The fraction of sp³-hybridized carbons (Fsp3) is 0.235. The second-order valence-corrected chi connectivity index (χ2v) is 5.39. The van der Waals surface area contributed by atoms with Gasteiger partial charge in [-0.25, -0.2) is 14.2 Å². The van der Waals surface area contributed by atoms with E-state index in [0.29, 0.717) is 5.69 Å². The zero-order valence-corrected chi connectivity index (χ0v) is 13.6. The van der Waals surface area contributed by atoms with Gasteiger partial charge in [0.1, 0.15) is 11.1 Å². The quantitative estimate of drug-likeness (QED) is 0.678. The van der Waals surface area contributed by atoms with Gasteiger partial charge < -0.3 is 9.30 Å². The highest BCUT2D eigenvalue weighted by Gasteiger charge is 2.22. The second kappa shape index (κ2) is 5.84. The Morgan fingerprint density at radius 3 is 2.38 bits per heavy atom. The van der Waals surface area contributed by atoms with Gasteiger partial charge in [-0.15, -0.1) is 0 Å². The highest BCUT2D eigenvalue weighted by molar-refractivity contribution is 6.02. The number of hydrogen-bond acceptors (Lipinski definition) is 4. The van der Waals surface area contributed by atoms with Crippen LogP contribution in [0.25, 0.3) is 16.7 Å². The van der Waals surface area contributed by atoms with Gasteiger partial charge in [0.25, 0.3) is 5.56 Å². The van der Waals surface area contributed by atoms with Crippen molar-refractivity contribution in [1.29, 1.82) is 0 Å². The lowest BCUT2D eigenvalue weighted by Gasteiger charge is -2.10. The van der Waals surface area contributed by atoms with E-state index in [1.165, 1.54) is 17.8 Å². The Morgan fingerprint density at radius 2 is 1.75 bits per heavy atom. The summed E-state index contributed by atoms with van der Waals surface area (Å²) < 4.78 is 8.96. The fourth-order valence-electron chi connectivity index (χ4n) is 2.81. The molecule has 0 unspecified atom stereocenters. The van der Waals surface area contributed by atoms with Crippen molar-refractivity contribution in [2.24, 2.45) is 14.1 Å². The number of ether oxygens (including phenoxy) is 1. The predicted molar refractivity (Wildman–Crippen MR) is 89.7 cm³/mol. The van der Waals surface area contributed by atoms with Crippen LogP contribution in [0.1, 0.15) is 17.3 Å². The van der Waals surface area contributed by atoms with Gasteiger partial charge in [-0.05, 0) is 19.1 Å². The molecule has 0 atom stereocenters. The summed E-state index contributed by atoms with van der Waals surface area (Å²) >= 11 is 0. The molecule has 0 amide bonds. The van der Waals surface area contributed by atoms with Crippen LogP contribution >= 0.6 is 0 Å². The van der Waals surface area contributed by atoms with E-state index in [0.717, 1.165) is 4.57 Å². The van der Waals surface area contributed by atoms with Crippen LogP contribution in [0.2, 0.25) is 0 Å². The van der Waals surface area contributed by atoms with E-state index in [-0.39, 0.29) is 23.2 Å². The average Bonchev–Trinajstić information content (AvgIpc) is 2.92. The molecule has 7 heteroatoms. The van der Waals surface area contributed by atoms with Crippen LogP contribution in [-0.4, -0.2) is 26.3 Å². The van der Waals surface area contributed by atoms with Gasteiger partial charge in [0.05, 0.1) is 17.8 Å². The molecule has 0 aliphatic rings. The Morgan fingerprint density at radius 1 is 1.08 bits per heavy atom. The van der Waals surface area contributed by atoms with Crippen molar-refractivity contribution in [3.8, 4) is 5.69 Å². The lowest BCUT2D eigenvalue weighted by atomic mass is 10.2. The van der Waals surface area contributed by atoms with Crippen molar-refractivity contribution in [2.75, 3.05) is 6.61 Å². The molecule has 124 valence electrons. The standard InChI is InChI=1S/C17H17N3O4/c1-4-24-16(22)12-10-18(2)14-13(12)19(3)17(23)20(15(14)21)11-8-6-5-7-9-11/h5-10H,4H2,1-3H3. The number of esters is 1. The average molecular weight is 327 g/mol. The second-order valence-electron chi connectivity index (χ2n) is 5.39. The molecular weight excluding hydrogens is 310 g/mol. The van der Waals surface area contributed by atoms with Crippen LogP contribution < -0.4 is 11.2 Å². The molecule has 3 aromatic rings. The molecule has 0 saturated heterocycles. The van der Waals surface area contributed by atoms with E-state index >= 15 is 0 Å². The molecule has 24 heavy (non-hydrogen) atoms. The molecule has 1 aromatic carbocycles.